The summed E-state index contributed by atoms with van der Waals surface area (Å²) in [5.41, 5.74) is 1.74. The van der Waals surface area contributed by atoms with E-state index in [2.05, 4.69) is 49.3 Å². The van der Waals surface area contributed by atoms with Crippen molar-refractivity contribution in [3.8, 4) is 0 Å². The van der Waals surface area contributed by atoms with E-state index in [1.54, 1.807) is 18.2 Å². The molecule has 1 unspecified atom stereocenters. The van der Waals surface area contributed by atoms with Crippen molar-refractivity contribution >= 4 is 49.4 Å². The Balaban J connectivity index is 2.05. The van der Waals surface area contributed by atoms with Crippen LogP contribution in [-0.4, -0.2) is 17.3 Å². The summed E-state index contributed by atoms with van der Waals surface area (Å²) in [5, 5.41) is 4.25. The van der Waals surface area contributed by atoms with Crippen molar-refractivity contribution in [2.45, 2.75) is 12.5 Å². The molecule has 110 valence electrons. The second-order valence-electron chi connectivity index (χ2n) is 4.67. The SMILES string of the molecule is O=C(NC(CBr)Cc1ccccc1)c1cc(Cl)cc(Br)c1. The monoisotopic (exact) mass is 429 g/mol. The number of rotatable bonds is 5. The number of hydrogen-bond donors (Lipinski definition) is 1. The van der Waals surface area contributed by atoms with Crippen LogP contribution >= 0.6 is 43.5 Å². The molecule has 0 aliphatic rings. The molecule has 0 heterocycles. The minimum Gasteiger partial charge on any atom is -0.348 e. The molecular formula is C16H14Br2ClNO. The number of halogens is 3. The standard InChI is InChI=1S/C16H14Br2ClNO/c17-10-15(6-11-4-2-1-3-5-11)20-16(21)12-7-13(18)9-14(19)8-12/h1-5,7-9,15H,6,10H2,(H,20,21). The summed E-state index contributed by atoms with van der Waals surface area (Å²) in [7, 11) is 0. The summed E-state index contributed by atoms with van der Waals surface area (Å²) >= 11 is 12.8. The maximum absolute atomic E-state index is 12.3. The third kappa shape index (κ3) is 5.13. The lowest BCUT2D eigenvalue weighted by molar-refractivity contribution is 0.0941. The lowest BCUT2D eigenvalue weighted by Crippen LogP contribution is -2.37. The molecule has 1 amide bonds. The van der Waals surface area contributed by atoms with E-state index >= 15 is 0 Å². The number of benzene rings is 2. The van der Waals surface area contributed by atoms with Crippen molar-refractivity contribution in [3.05, 3.63) is 69.2 Å². The third-order valence-electron chi connectivity index (χ3n) is 2.97. The maximum atomic E-state index is 12.3. The summed E-state index contributed by atoms with van der Waals surface area (Å²) in [6.07, 6.45) is 0.777. The fourth-order valence-electron chi connectivity index (χ4n) is 2.00. The van der Waals surface area contributed by atoms with E-state index < -0.39 is 0 Å². The molecular weight excluding hydrogens is 417 g/mol. The van der Waals surface area contributed by atoms with Crippen LogP contribution in [0.1, 0.15) is 15.9 Å². The van der Waals surface area contributed by atoms with E-state index in [-0.39, 0.29) is 11.9 Å². The molecule has 21 heavy (non-hydrogen) atoms. The van der Waals surface area contributed by atoms with Crippen LogP contribution in [0.4, 0.5) is 0 Å². The highest BCUT2D eigenvalue weighted by molar-refractivity contribution is 9.10. The van der Waals surface area contributed by atoms with Crippen molar-refractivity contribution in [1.82, 2.24) is 5.32 Å². The first kappa shape index (κ1) is 16.5. The molecule has 2 nitrogen and oxygen atoms in total. The van der Waals surface area contributed by atoms with E-state index in [0.717, 1.165) is 10.9 Å². The maximum Gasteiger partial charge on any atom is 0.251 e. The van der Waals surface area contributed by atoms with Gasteiger partial charge in [0.05, 0.1) is 0 Å². The molecule has 0 saturated heterocycles. The van der Waals surface area contributed by atoms with Gasteiger partial charge in [-0.3, -0.25) is 4.79 Å². The van der Waals surface area contributed by atoms with E-state index in [1.165, 1.54) is 5.56 Å². The highest BCUT2D eigenvalue weighted by atomic mass is 79.9. The minimum atomic E-state index is -0.126. The van der Waals surface area contributed by atoms with Crippen molar-refractivity contribution in [2.24, 2.45) is 0 Å². The third-order valence-corrected chi connectivity index (χ3v) is 4.43. The van der Waals surface area contributed by atoms with Crippen LogP contribution in [0.2, 0.25) is 5.02 Å². The van der Waals surface area contributed by atoms with E-state index in [1.807, 2.05) is 18.2 Å². The average Bonchev–Trinajstić information content (AvgIpc) is 2.46. The molecule has 0 aliphatic carbocycles. The number of nitrogens with one attached hydrogen (secondary N) is 1. The Morgan fingerprint density at radius 3 is 2.52 bits per heavy atom. The lowest BCUT2D eigenvalue weighted by atomic mass is 10.1. The summed E-state index contributed by atoms with van der Waals surface area (Å²) < 4.78 is 0.790. The van der Waals surface area contributed by atoms with E-state index in [0.29, 0.717) is 15.9 Å². The van der Waals surface area contributed by atoms with Crippen molar-refractivity contribution in [1.29, 1.82) is 0 Å². The molecule has 0 bridgehead atoms. The number of hydrogen-bond acceptors (Lipinski definition) is 1. The number of amides is 1. The quantitative estimate of drug-likeness (QED) is 0.675. The van der Waals surface area contributed by atoms with Crippen molar-refractivity contribution in [2.75, 3.05) is 5.33 Å². The average molecular weight is 432 g/mol. The predicted molar refractivity (Wildman–Crippen MR) is 94.3 cm³/mol. The van der Waals surface area contributed by atoms with Crippen LogP contribution < -0.4 is 5.32 Å². The largest absolute Gasteiger partial charge is 0.348 e. The van der Waals surface area contributed by atoms with Crippen LogP contribution in [0.5, 0.6) is 0 Å². The van der Waals surface area contributed by atoms with Gasteiger partial charge in [-0.1, -0.05) is 73.8 Å². The zero-order valence-electron chi connectivity index (χ0n) is 11.2. The number of carbonyl (C=O) groups is 1. The van der Waals surface area contributed by atoms with Gasteiger partial charge >= 0.3 is 0 Å². The van der Waals surface area contributed by atoms with Gasteiger partial charge in [-0.25, -0.2) is 0 Å². The van der Waals surface area contributed by atoms with Crippen LogP contribution in [0.3, 0.4) is 0 Å². The summed E-state index contributed by atoms with van der Waals surface area (Å²) in [4.78, 5) is 12.3. The first-order chi connectivity index (χ1) is 10.1. The van der Waals surface area contributed by atoms with Crippen LogP contribution in [0, 0.1) is 0 Å². The van der Waals surface area contributed by atoms with Crippen LogP contribution in [-0.2, 0) is 6.42 Å². The van der Waals surface area contributed by atoms with Gasteiger partial charge < -0.3 is 5.32 Å². The molecule has 0 radical (unpaired) electrons. The van der Waals surface area contributed by atoms with Gasteiger partial charge in [0.2, 0.25) is 0 Å². The smallest absolute Gasteiger partial charge is 0.251 e. The Labute approximate surface area is 146 Å². The first-order valence-corrected chi connectivity index (χ1v) is 8.74. The molecule has 0 spiro atoms. The van der Waals surface area contributed by atoms with E-state index in [9.17, 15) is 4.79 Å². The molecule has 2 rings (SSSR count). The number of carbonyl (C=O) groups excluding carboxylic acids is 1. The van der Waals surface area contributed by atoms with Crippen LogP contribution in [0.15, 0.2) is 53.0 Å². The normalized spacial score (nSPS) is 12.0. The summed E-state index contributed by atoms with van der Waals surface area (Å²) in [5.74, 6) is -0.126. The molecule has 0 aromatic heterocycles. The van der Waals surface area contributed by atoms with Gasteiger partial charge in [0.1, 0.15) is 0 Å². The van der Waals surface area contributed by atoms with Gasteiger partial charge in [-0.15, -0.1) is 0 Å². The second-order valence-corrected chi connectivity index (χ2v) is 6.67. The van der Waals surface area contributed by atoms with Gasteiger partial charge in [0.25, 0.3) is 5.91 Å². The van der Waals surface area contributed by atoms with Gasteiger partial charge in [-0.05, 0) is 30.2 Å². The number of alkyl halides is 1. The van der Waals surface area contributed by atoms with Gasteiger partial charge in [-0.2, -0.15) is 0 Å². The minimum absolute atomic E-state index is 0.0256. The van der Waals surface area contributed by atoms with Crippen LogP contribution in [0.25, 0.3) is 0 Å². The zero-order valence-corrected chi connectivity index (χ0v) is 15.1. The lowest BCUT2D eigenvalue weighted by Gasteiger charge is -2.16. The Morgan fingerprint density at radius 1 is 1.19 bits per heavy atom. The Morgan fingerprint density at radius 2 is 1.90 bits per heavy atom. The zero-order chi connectivity index (χ0) is 15.2. The fourth-order valence-corrected chi connectivity index (χ4v) is 3.25. The van der Waals surface area contributed by atoms with Gasteiger partial charge in [0.15, 0.2) is 0 Å². The van der Waals surface area contributed by atoms with Gasteiger partial charge in [0, 0.05) is 26.4 Å². The highest BCUT2D eigenvalue weighted by Gasteiger charge is 2.14. The Kier molecular flexibility index (Phi) is 6.27. The van der Waals surface area contributed by atoms with Crippen molar-refractivity contribution in [3.63, 3.8) is 0 Å². The molecule has 0 saturated carbocycles. The summed E-state index contributed by atoms with van der Waals surface area (Å²) in [6, 6.07) is 15.3. The molecule has 1 atom stereocenters. The highest BCUT2D eigenvalue weighted by Crippen LogP contribution is 2.19. The fraction of sp³-hybridized carbons (Fsp3) is 0.188. The Bertz CT molecular complexity index is 599. The van der Waals surface area contributed by atoms with Crippen molar-refractivity contribution < 1.29 is 4.79 Å². The molecule has 5 heteroatoms. The Hall–Kier alpha value is -0.840. The first-order valence-electron chi connectivity index (χ1n) is 6.45. The van der Waals surface area contributed by atoms with E-state index in [4.69, 9.17) is 11.6 Å². The second kappa shape index (κ2) is 7.97. The molecule has 0 aliphatic heterocycles. The molecule has 1 N–H and O–H groups in total. The topological polar surface area (TPSA) is 29.1 Å². The molecule has 0 fully saturated rings. The molecule has 2 aromatic carbocycles. The molecule has 2 aromatic rings. The summed E-state index contributed by atoms with van der Waals surface area (Å²) in [6.45, 7) is 0. The predicted octanol–water partition coefficient (Wildman–Crippen LogP) is 4.84.